The van der Waals surface area contributed by atoms with E-state index in [-0.39, 0.29) is 0 Å². The third-order valence-corrected chi connectivity index (χ3v) is 5.89. The summed E-state index contributed by atoms with van der Waals surface area (Å²) in [5.74, 6) is 2.33. The van der Waals surface area contributed by atoms with Gasteiger partial charge in [0.15, 0.2) is 11.0 Å². The molecule has 3 aromatic heterocycles. The minimum Gasteiger partial charge on any atom is -0.360 e. The van der Waals surface area contributed by atoms with Crippen LogP contribution < -0.4 is 0 Å². The molecule has 0 saturated carbocycles. The summed E-state index contributed by atoms with van der Waals surface area (Å²) in [6, 6.07) is 13.6. The highest BCUT2D eigenvalue weighted by atomic mass is 35.5. The summed E-state index contributed by atoms with van der Waals surface area (Å²) < 4.78 is 7.58. The molecule has 1 aromatic carbocycles. The highest BCUT2D eigenvalue weighted by Gasteiger charge is 2.15. The van der Waals surface area contributed by atoms with Crippen LogP contribution in [0, 0.1) is 0 Å². The van der Waals surface area contributed by atoms with Crippen LogP contribution in [0.5, 0.6) is 0 Å². The van der Waals surface area contributed by atoms with Crippen LogP contribution in [0.25, 0.3) is 22.0 Å². The van der Waals surface area contributed by atoms with Gasteiger partial charge in [0.2, 0.25) is 0 Å². The second-order valence-electron chi connectivity index (χ2n) is 5.51. The average Bonchev–Trinajstić information content (AvgIpc) is 3.39. The standard InChI is InChI=1S/C18H15ClN4OS2/c1-2-23-17(16-7-4-8-25-16)20-21-18(23)26-11-14-10-15(22-24-14)12-5-3-6-13(19)9-12/h3-10H,2,11H2,1H3. The number of hydrogen-bond acceptors (Lipinski definition) is 6. The summed E-state index contributed by atoms with van der Waals surface area (Å²) in [5, 5.41) is 16.4. The lowest BCUT2D eigenvalue weighted by Gasteiger charge is -2.04. The normalized spacial score (nSPS) is 11.2. The zero-order valence-electron chi connectivity index (χ0n) is 13.9. The van der Waals surface area contributed by atoms with Crippen molar-refractivity contribution in [2.75, 3.05) is 0 Å². The summed E-state index contributed by atoms with van der Waals surface area (Å²) >= 11 is 9.29. The molecule has 26 heavy (non-hydrogen) atoms. The lowest BCUT2D eigenvalue weighted by atomic mass is 10.1. The molecule has 0 atom stereocenters. The van der Waals surface area contributed by atoms with E-state index in [0.717, 1.165) is 39.4 Å². The number of halogens is 1. The highest BCUT2D eigenvalue weighted by molar-refractivity contribution is 7.98. The molecule has 0 fully saturated rings. The molecule has 0 radical (unpaired) electrons. The Balaban J connectivity index is 1.50. The molecule has 5 nitrogen and oxygen atoms in total. The summed E-state index contributed by atoms with van der Waals surface area (Å²) in [6.45, 7) is 2.91. The molecule has 132 valence electrons. The fourth-order valence-corrected chi connectivity index (χ4v) is 4.35. The van der Waals surface area contributed by atoms with Crippen LogP contribution in [0.3, 0.4) is 0 Å². The Bertz CT molecular complexity index is 1010. The molecule has 4 rings (SSSR count). The van der Waals surface area contributed by atoms with E-state index >= 15 is 0 Å². The predicted molar refractivity (Wildman–Crippen MR) is 106 cm³/mol. The van der Waals surface area contributed by atoms with Crippen LogP contribution >= 0.6 is 34.7 Å². The molecular weight excluding hydrogens is 388 g/mol. The van der Waals surface area contributed by atoms with Crippen molar-refractivity contribution in [3.63, 3.8) is 0 Å². The number of hydrogen-bond donors (Lipinski definition) is 0. The van der Waals surface area contributed by atoms with E-state index in [9.17, 15) is 0 Å². The van der Waals surface area contributed by atoms with Gasteiger partial charge in [-0.1, -0.05) is 46.7 Å². The molecule has 0 aliphatic carbocycles. The van der Waals surface area contributed by atoms with E-state index in [4.69, 9.17) is 16.1 Å². The van der Waals surface area contributed by atoms with Crippen LogP contribution in [-0.2, 0) is 12.3 Å². The summed E-state index contributed by atoms with van der Waals surface area (Å²) in [5.41, 5.74) is 1.72. The third kappa shape index (κ3) is 3.56. The summed E-state index contributed by atoms with van der Waals surface area (Å²) in [4.78, 5) is 1.12. The fourth-order valence-electron chi connectivity index (χ4n) is 2.57. The Morgan fingerprint density at radius 1 is 1.19 bits per heavy atom. The maximum absolute atomic E-state index is 6.04. The zero-order chi connectivity index (χ0) is 17.9. The second kappa shape index (κ2) is 7.65. The monoisotopic (exact) mass is 402 g/mol. The lowest BCUT2D eigenvalue weighted by Crippen LogP contribution is -1.98. The van der Waals surface area contributed by atoms with Gasteiger partial charge < -0.3 is 9.09 Å². The van der Waals surface area contributed by atoms with Crippen LogP contribution in [0.15, 0.2) is 57.5 Å². The Morgan fingerprint density at radius 2 is 2.12 bits per heavy atom. The summed E-state index contributed by atoms with van der Waals surface area (Å²) in [6.07, 6.45) is 0. The van der Waals surface area contributed by atoms with Crippen molar-refractivity contribution in [3.05, 3.63) is 58.6 Å². The Labute approximate surface area is 164 Å². The van der Waals surface area contributed by atoms with Crippen molar-refractivity contribution >= 4 is 34.7 Å². The van der Waals surface area contributed by atoms with Gasteiger partial charge in [-0.2, -0.15) is 0 Å². The lowest BCUT2D eigenvalue weighted by molar-refractivity contribution is 0.397. The van der Waals surface area contributed by atoms with Gasteiger partial charge in [0.05, 0.1) is 10.6 Å². The second-order valence-corrected chi connectivity index (χ2v) is 7.83. The third-order valence-electron chi connectivity index (χ3n) is 3.80. The average molecular weight is 403 g/mol. The SMILES string of the molecule is CCn1c(SCc2cc(-c3cccc(Cl)c3)no2)nnc1-c1cccs1. The maximum atomic E-state index is 6.04. The van der Waals surface area contributed by atoms with Crippen molar-refractivity contribution < 1.29 is 4.52 Å². The first kappa shape index (κ1) is 17.3. The van der Waals surface area contributed by atoms with Gasteiger partial charge in [0.1, 0.15) is 11.5 Å². The maximum Gasteiger partial charge on any atom is 0.191 e. The van der Waals surface area contributed by atoms with E-state index in [1.807, 2.05) is 41.8 Å². The van der Waals surface area contributed by atoms with Gasteiger partial charge >= 0.3 is 0 Å². The molecule has 0 aliphatic rings. The molecule has 0 amide bonds. The van der Waals surface area contributed by atoms with Crippen molar-refractivity contribution in [3.8, 4) is 22.0 Å². The molecule has 8 heteroatoms. The van der Waals surface area contributed by atoms with E-state index in [1.165, 1.54) is 0 Å². The first-order valence-corrected chi connectivity index (χ1v) is 10.3. The molecule has 0 aliphatic heterocycles. The molecule has 0 saturated heterocycles. The Morgan fingerprint density at radius 3 is 2.88 bits per heavy atom. The van der Waals surface area contributed by atoms with Crippen molar-refractivity contribution in [2.24, 2.45) is 0 Å². The molecule has 3 heterocycles. The fraction of sp³-hybridized carbons (Fsp3) is 0.167. The molecule has 0 spiro atoms. The number of nitrogens with zero attached hydrogens (tertiary/aromatic N) is 4. The van der Waals surface area contributed by atoms with Crippen molar-refractivity contribution in [2.45, 2.75) is 24.4 Å². The van der Waals surface area contributed by atoms with Gasteiger partial charge in [-0.3, -0.25) is 0 Å². The minimum atomic E-state index is 0.635. The van der Waals surface area contributed by atoms with Gasteiger partial charge in [-0.15, -0.1) is 21.5 Å². The smallest absolute Gasteiger partial charge is 0.191 e. The first-order chi connectivity index (χ1) is 12.7. The Kier molecular flexibility index (Phi) is 5.10. The van der Waals surface area contributed by atoms with E-state index in [0.29, 0.717) is 10.8 Å². The Hall–Kier alpha value is -2.09. The highest BCUT2D eigenvalue weighted by Crippen LogP contribution is 2.30. The minimum absolute atomic E-state index is 0.635. The van der Waals surface area contributed by atoms with Crippen LogP contribution in [0.1, 0.15) is 12.7 Å². The van der Waals surface area contributed by atoms with E-state index < -0.39 is 0 Å². The number of rotatable bonds is 6. The first-order valence-electron chi connectivity index (χ1n) is 8.06. The van der Waals surface area contributed by atoms with Gasteiger partial charge in [0.25, 0.3) is 0 Å². The van der Waals surface area contributed by atoms with E-state index in [1.54, 1.807) is 23.1 Å². The van der Waals surface area contributed by atoms with Crippen LogP contribution in [0.2, 0.25) is 5.02 Å². The van der Waals surface area contributed by atoms with Gasteiger partial charge in [-0.05, 0) is 30.5 Å². The number of thiophene rings is 1. The molecule has 0 bridgehead atoms. The topological polar surface area (TPSA) is 56.7 Å². The molecule has 0 N–H and O–H groups in total. The van der Waals surface area contributed by atoms with Crippen molar-refractivity contribution in [1.82, 2.24) is 19.9 Å². The van der Waals surface area contributed by atoms with Crippen LogP contribution in [-0.4, -0.2) is 19.9 Å². The van der Waals surface area contributed by atoms with Crippen molar-refractivity contribution in [1.29, 1.82) is 0 Å². The molecular formula is C18H15ClN4OS2. The van der Waals surface area contributed by atoms with Gasteiger partial charge in [-0.25, -0.2) is 0 Å². The largest absolute Gasteiger partial charge is 0.360 e. The number of benzene rings is 1. The van der Waals surface area contributed by atoms with Crippen LogP contribution in [0.4, 0.5) is 0 Å². The number of thioether (sulfide) groups is 1. The quantitative estimate of drug-likeness (QED) is 0.391. The molecule has 4 aromatic rings. The zero-order valence-corrected chi connectivity index (χ0v) is 16.3. The predicted octanol–water partition coefficient (Wildman–Crippen LogP) is 5.63. The van der Waals surface area contributed by atoms with Gasteiger partial charge in [0, 0.05) is 23.2 Å². The molecule has 0 unspecified atom stereocenters. The number of aromatic nitrogens is 4. The van der Waals surface area contributed by atoms with E-state index in [2.05, 4.69) is 32.9 Å². The summed E-state index contributed by atoms with van der Waals surface area (Å²) in [7, 11) is 0.